The summed E-state index contributed by atoms with van der Waals surface area (Å²) in [6.07, 6.45) is 2.19. The Balaban J connectivity index is 1.77. The summed E-state index contributed by atoms with van der Waals surface area (Å²) in [7, 11) is -2.81. The topological polar surface area (TPSA) is 78.9 Å². The van der Waals surface area contributed by atoms with E-state index < -0.39 is 19.3 Å². The summed E-state index contributed by atoms with van der Waals surface area (Å²) in [4.78, 5) is 25.7. The Labute approximate surface area is 206 Å². The predicted octanol–water partition coefficient (Wildman–Crippen LogP) is 6.63. The average Bonchev–Trinajstić information content (AvgIpc) is 2.89. The molecule has 0 saturated heterocycles. The highest BCUT2D eigenvalue weighted by molar-refractivity contribution is 7.58. The van der Waals surface area contributed by atoms with Gasteiger partial charge in [-0.2, -0.15) is 0 Å². The summed E-state index contributed by atoms with van der Waals surface area (Å²) in [5.41, 5.74) is 2.61. The number of hydrogen-bond acceptors (Lipinski definition) is 6. The second kappa shape index (κ2) is 13.0. The van der Waals surface area contributed by atoms with Gasteiger partial charge < -0.3 is 14.0 Å². The summed E-state index contributed by atoms with van der Waals surface area (Å²) >= 11 is 0. The number of rotatable bonds is 12. The van der Waals surface area contributed by atoms with Gasteiger partial charge in [-0.15, -0.1) is 0 Å². The molecule has 0 bridgehead atoms. The second-order valence-corrected chi connectivity index (χ2v) is 11.1. The minimum atomic E-state index is -2.81. The summed E-state index contributed by atoms with van der Waals surface area (Å²) < 4.78 is 29.3. The van der Waals surface area contributed by atoms with Gasteiger partial charge in [-0.1, -0.05) is 80.1 Å². The van der Waals surface area contributed by atoms with Gasteiger partial charge in [0.25, 0.3) is 0 Å². The molecular weight excluding hydrogens is 463 g/mol. The van der Waals surface area contributed by atoms with Crippen molar-refractivity contribution in [2.45, 2.75) is 39.6 Å². The van der Waals surface area contributed by atoms with Crippen molar-refractivity contribution in [1.29, 1.82) is 0 Å². The van der Waals surface area contributed by atoms with E-state index in [4.69, 9.17) is 14.0 Å². The third-order valence-electron chi connectivity index (χ3n) is 5.40. The number of esters is 2. The van der Waals surface area contributed by atoms with Crippen molar-refractivity contribution in [3.05, 3.63) is 107 Å². The molecule has 0 aromatic heterocycles. The first kappa shape index (κ1) is 26.4. The van der Waals surface area contributed by atoms with Gasteiger partial charge in [0.2, 0.25) is 7.37 Å². The van der Waals surface area contributed by atoms with Gasteiger partial charge in [0.05, 0.1) is 17.7 Å². The van der Waals surface area contributed by atoms with Gasteiger partial charge in [0.1, 0.15) is 13.2 Å². The Morgan fingerprint density at radius 1 is 0.771 bits per heavy atom. The Hall–Kier alpha value is -3.21. The summed E-state index contributed by atoms with van der Waals surface area (Å²) in [5, 5.41) is 0. The van der Waals surface area contributed by atoms with Crippen LogP contribution in [-0.2, 0) is 38.4 Å². The van der Waals surface area contributed by atoms with Crippen LogP contribution in [0.3, 0.4) is 0 Å². The molecule has 0 aliphatic carbocycles. The van der Waals surface area contributed by atoms with Crippen LogP contribution >= 0.6 is 7.37 Å². The van der Waals surface area contributed by atoms with E-state index in [1.165, 1.54) is 6.07 Å². The van der Waals surface area contributed by atoms with Crippen molar-refractivity contribution in [2.75, 3.05) is 12.8 Å². The fraction of sp³-hybridized carbons (Fsp3) is 0.286. The molecule has 0 N–H and O–H groups in total. The lowest BCUT2D eigenvalue weighted by atomic mass is 10.0. The molecule has 0 heterocycles. The molecule has 7 heteroatoms. The van der Waals surface area contributed by atoms with Crippen LogP contribution in [0.2, 0.25) is 0 Å². The van der Waals surface area contributed by atoms with E-state index in [2.05, 4.69) is 0 Å². The average molecular weight is 495 g/mol. The fourth-order valence-electron chi connectivity index (χ4n) is 3.34. The molecule has 0 aliphatic rings. The number of unbranched alkanes of at least 4 members (excludes halogenated alkanes) is 1. The zero-order valence-corrected chi connectivity index (χ0v) is 21.0. The largest absolute Gasteiger partial charge is 0.457 e. The molecule has 6 nitrogen and oxygen atoms in total. The van der Waals surface area contributed by atoms with Crippen molar-refractivity contribution in [3.8, 4) is 0 Å². The summed E-state index contributed by atoms with van der Waals surface area (Å²) in [5.74, 6) is -1.15. The lowest BCUT2D eigenvalue weighted by Crippen LogP contribution is -2.12. The zero-order chi connectivity index (χ0) is 25.1. The van der Waals surface area contributed by atoms with Gasteiger partial charge in [-0.25, -0.2) is 9.59 Å². The van der Waals surface area contributed by atoms with Gasteiger partial charge >= 0.3 is 11.9 Å². The van der Waals surface area contributed by atoms with Crippen LogP contribution in [0.5, 0.6) is 0 Å². The quantitative estimate of drug-likeness (QED) is 0.208. The first-order valence-electron chi connectivity index (χ1n) is 11.6. The number of carbonyl (C=O) groups excluding carboxylic acids is 2. The predicted molar refractivity (Wildman–Crippen MR) is 136 cm³/mol. The van der Waals surface area contributed by atoms with Crippen LogP contribution in [0, 0.1) is 0 Å². The number of hydrogen-bond donors (Lipinski definition) is 0. The molecule has 0 aliphatic heterocycles. The molecule has 0 spiro atoms. The molecule has 1 unspecified atom stereocenters. The SMILES string of the molecule is CCCCP(C)(=O)OCc1ccc(C(=O)OCc2ccccc2)cc1C(=O)OCc1ccccc1. The standard InChI is InChI=1S/C28H31O6P/c1-3-4-17-35(2,31)34-21-25-16-15-24(27(29)32-19-22-11-7-5-8-12-22)18-26(25)28(30)33-20-23-13-9-6-10-14-23/h5-16,18H,3-4,17,19-21H2,1-2H3. The Morgan fingerprint density at radius 2 is 1.34 bits per heavy atom. The van der Waals surface area contributed by atoms with Gasteiger partial charge in [-0.05, 0) is 35.2 Å². The second-order valence-electron chi connectivity index (χ2n) is 8.36. The summed E-state index contributed by atoms with van der Waals surface area (Å²) in [6, 6.07) is 23.3. The zero-order valence-electron chi connectivity index (χ0n) is 20.1. The molecule has 184 valence electrons. The number of benzene rings is 3. The van der Waals surface area contributed by atoms with Gasteiger partial charge in [-0.3, -0.25) is 4.57 Å². The summed E-state index contributed by atoms with van der Waals surface area (Å²) in [6.45, 7) is 3.81. The molecule has 3 aromatic carbocycles. The van der Waals surface area contributed by atoms with E-state index in [0.717, 1.165) is 24.0 Å². The smallest absolute Gasteiger partial charge is 0.338 e. The molecule has 0 radical (unpaired) electrons. The van der Waals surface area contributed by atoms with E-state index in [1.54, 1.807) is 18.8 Å². The molecule has 35 heavy (non-hydrogen) atoms. The van der Waals surface area contributed by atoms with Crippen LogP contribution in [0.1, 0.15) is 57.2 Å². The first-order valence-corrected chi connectivity index (χ1v) is 13.9. The Morgan fingerprint density at radius 3 is 1.91 bits per heavy atom. The van der Waals surface area contributed by atoms with E-state index in [-0.39, 0.29) is 30.9 Å². The van der Waals surface area contributed by atoms with E-state index >= 15 is 0 Å². The lowest BCUT2D eigenvalue weighted by Gasteiger charge is -2.16. The number of ether oxygens (including phenoxy) is 2. The highest BCUT2D eigenvalue weighted by Gasteiger charge is 2.21. The highest BCUT2D eigenvalue weighted by atomic mass is 31.2. The molecule has 3 rings (SSSR count). The molecule has 0 amide bonds. The van der Waals surface area contributed by atoms with E-state index in [9.17, 15) is 14.2 Å². The third-order valence-corrected chi connectivity index (χ3v) is 7.21. The molecule has 0 fully saturated rings. The fourth-order valence-corrected chi connectivity index (χ4v) is 4.77. The molecular formula is C28H31O6P. The first-order chi connectivity index (χ1) is 16.9. The van der Waals surface area contributed by atoms with Crippen molar-refractivity contribution >= 4 is 19.3 Å². The maximum Gasteiger partial charge on any atom is 0.338 e. The minimum Gasteiger partial charge on any atom is -0.457 e. The van der Waals surface area contributed by atoms with Crippen molar-refractivity contribution in [1.82, 2.24) is 0 Å². The van der Waals surface area contributed by atoms with Crippen LogP contribution in [-0.4, -0.2) is 24.8 Å². The van der Waals surface area contributed by atoms with Gasteiger partial charge in [0, 0.05) is 12.8 Å². The van der Waals surface area contributed by atoms with Crippen LogP contribution in [0.4, 0.5) is 0 Å². The normalized spacial score (nSPS) is 12.5. The van der Waals surface area contributed by atoms with E-state index in [0.29, 0.717) is 11.7 Å². The molecule has 1 atom stereocenters. The van der Waals surface area contributed by atoms with Crippen LogP contribution in [0.25, 0.3) is 0 Å². The highest BCUT2D eigenvalue weighted by Crippen LogP contribution is 2.44. The molecule has 0 saturated carbocycles. The van der Waals surface area contributed by atoms with E-state index in [1.807, 2.05) is 67.6 Å². The van der Waals surface area contributed by atoms with Crippen LogP contribution in [0.15, 0.2) is 78.9 Å². The van der Waals surface area contributed by atoms with Crippen molar-refractivity contribution in [2.24, 2.45) is 0 Å². The van der Waals surface area contributed by atoms with Crippen molar-refractivity contribution < 1.29 is 28.2 Å². The lowest BCUT2D eigenvalue weighted by molar-refractivity contribution is 0.0468. The minimum absolute atomic E-state index is 0.0212. The van der Waals surface area contributed by atoms with Crippen molar-refractivity contribution in [3.63, 3.8) is 0 Å². The molecule has 3 aromatic rings. The van der Waals surface area contributed by atoms with Gasteiger partial charge in [0.15, 0.2) is 0 Å². The maximum atomic E-state index is 13.0. The Kier molecular flexibility index (Phi) is 9.83. The maximum absolute atomic E-state index is 13.0. The third kappa shape index (κ3) is 8.50. The number of carbonyl (C=O) groups is 2. The van der Waals surface area contributed by atoms with Crippen LogP contribution < -0.4 is 0 Å². The monoisotopic (exact) mass is 494 g/mol. The Bertz CT molecular complexity index is 1160.